The molecule has 0 aromatic heterocycles. The highest BCUT2D eigenvalue weighted by atomic mass is 32.2. The van der Waals surface area contributed by atoms with Crippen LogP contribution in [0.3, 0.4) is 0 Å². The Kier molecular flexibility index (Phi) is 5.57. The molecule has 5 nitrogen and oxygen atoms in total. The van der Waals surface area contributed by atoms with Crippen molar-refractivity contribution in [3.05, 3.63) is 59.7 Å². The number of halogens is 2. The Morgan fingerprint density at radius 2 is 1.81 bits per heavy atom. The molecule has 1 amide bonds. The molecule has 0 aliphatic carbocycles. The minimum Gasteiger partial charge on any atom is -0.326 e. The van der Waals surface area contributed by atoms with E-state index in [9.17, 15) is 22.0 Å². The van der Waals surface area contributed by atoms with Gasteiger partial charge in [0.1, 0.15) is 16.5 Å². The molecule has 0 unspecified atom stereocenters. The van der Waals surface area contributed by atoms with Crippen LogP contribution in [0.15, 0.2) is 47.4 Å². The quantitative estimate of drug-likeness (QED) is 0.865. The van der Waals surface area contributed by atoms with Crippen LogP contribution in [0.1, 0.15) is 18.4 Å². The van der Waals surface area contributed by atoms with Crippen molar-refractivity contribution in [2.45, 2.75) is 24.7 Å². The molecule has 2 aromatic carbocycles. The van der Waals surface area contributed by atoms with E-state index in [0.29, 0.717) is 24.6 Å². The van der Waals surface area contributed by atoms with Gasteiger partial charge in [0, 0.05) is 24.7 Å². The van der Waals surface area contributed by atoms with Crippen molar-refractivity contribution < 1.29 is 22.0 Å². The zero-order valence-electron chi connectivity index (χ0n) is 14.8. The van der Waals surface area contributed by atoms with Crippen LogP contribution in [0.4, 0.5) is 14.5 Å². The van der Waals surface area contributed by atoms with Crippen LogP contribution >= 0.6 is 0 Å². The van der Waals surface area contributed by atoms with Crippen LogP contribution in [0.5, 0.6) is 0 Å². The Hall–Kier alpha value is -2.32. The number of piperidine rings is 1. The molecule has 144 valence electrons. The van der Waals surface area contributed by atoms with E-state index in [2.05, 4.69) is 5.32 Å². The zero-order valence-corrected chi connectivity index (χ0v) is 15.6. The lowest BCUT2D eigenvalue weighted by Crippen LogP contribution is -2.41. The number of rotatable bonds is 4. The van der Waals surface area contributed by atoms with E-state index in [1.165, 1.54) is 0 Å². The number of nitrogens with one attached hydrogen (secondary N) is 1. The molecular formula is C19H20F2N2O3S. The molecule has 1 aliphatic rings. The molecule has 27 heavy (non-hydrogen) atoms. The molecule has 1 saturated heterocycles. The van der Waals surface area contributed by atoms with Crippen LogP contribution < -0.4 is 5.32 Å². The smallest absolute Gasteiger partial charge is 0.246 e. The van der Waals surface area contributed by atoms with E-state index in [-0.39, 0.29) is 24.9 Å². The first kappa shape index (κ1) is 19.4. The van der Waals surface area contributed by atoms with E-state index in [4.69, 9.17) is 0 Å². The van der Waals surface area contributed by atoms with Crippen LogP contribution in [-0.2, 0) is 14.8 Å². The normalized spacial score (nSPS) is 16.3. The Morgan fingerprint density at radius 1 is 1.11 bits per heavy atom. The topological polar surface area (TPSA) is 66.5 Å². The summed E-state index contributed by atoms with van der Waals surface area (Å²) in [7, 11) is -4.14. The maximum absolute atomic E-state index is 13.9. The third-order valence-electron chi connectivity index (χ3n) is 4.62. The van der Waals surface area contributed by atoms with Gasteiger partial charge in [-0.1, -0.05) is 12.1 Å². The Morgan fingerprint density at radius 3 is 2.48 bits per heavy atom. The fourth-order valence-electron chi connectivity index (χ4n) is 3.14. The summed E-state index contributed by atoms with van der Waals surface area (Å²) >= 11 is 0. The first-order valence-corrected chi connectivity index (χ1v) is 10.0. The molecule has 0 spiro atoms. The molecule has 1 fully saturated rings. The molecule has 0 radical (unpaired) electrons. The zero-order chi connectivity index (χ0) is 19.6. The van der Waals surface area contributed by atoms with Crippen molar-refractivity contribution >= 4 is 21.6 Å². The van der Waals surface area contributed by atoms with Crippen molar-refractivity contribution in [1.29, 1.82) is 0 Å². The molecule has 1 N–H and O–H groups in total. The molecule has 8 heteroatoms. The van der Waals surface area contributed by atoms with Gasteiger partial charge in [-0.3, -0.25) is 4.79 Å². The number of sulfonamides is 1. The number of hydrogen-bond donors (Lipinski definition) is 1. The first-order chi connectivity index (χ1) is 12.8. The first-order valence-electron chi connectivity index (χ1n) is 8.60. The number of aryl methyl sites for hydroxylation is 1. The van der Waals surface area contributed by atoms with Crippen LogP contribution in [-0.4, -0.2) is 31.7 Å². The Bertz CT molecular complexity index is 955. The van der Waals surface area contributed by atoms with Crippen LogP contribution in [0.2, 0.25) is 0 Å². The summed E-state index contributed by atoms with van der Waals surface area (Å²) in [6.45, 7) is 2.07. The van der Waals surface area contributed by atoms with Gasteiger partial charge < -0.3 is 5.32 Å². The van der Waals surface area contributed by atoms with Gasteiger partial charge in [-0.15, -0.1) is 0 Å². The maximum Gasteiger partial charge on any atom is 0.246 e. The minimum absolute atomic E-state index is 0.0736. The summed E-state index contributed by atoms with van der Waals surface area (Å²) in [5.74, 6) is -2.32. The van der Waals surface area contributed by atoms with Gasteiger partial charge >= 0.3 is 0 Å². The third-order valence-corrected chi connectivity index (χ3v) is 6.54. The lowest BCUT2D eigenvalue weighted by Gasteiger charge is -2.30. The van der Waals surface area contributed by atoms with Crippen molar-refractivity contribution in [3.63, 3.8) is 0 Å². The second-order valence-corrected chi connectivity index (χ2v) is 8.52. The fourth-order valence-corrected chi connectivity index (χ4v) is 4.69. The van der Waals surface area contributed by atoms with E-state index in [1.807, 2.05) is 25.1 Å². The minimum atomic E-state index is -4.14. The van der Waals surface area contributed by atoms with E-state index in [1.54, 1.807) is 6.07 Å². The number of benzene rings is 2. The van der Waals surface area contributed by atoms with Crippen molar-refractivity contribution in [2.24, 2.45) is 5.92 Å². The average molecular weight is 394 g/mol. The maximum atomic E-state index is 13.9. The van der Waals surface area contributed by atoms with Crippen molar-refractivity contribution in [3.8, 4) is 0 Å². The third kappa shape index (κ3) is 4.33. The average Bonchev–Trinajstić information content (AvgIpc) is 2.63. The standard InChI is InChI=1S/C19H20F2N2O3S/c1-13-3-2-4-16(11-13)22-19(24)14-7-9-23(10-8-14)27(25,26)18-12-15(20)5-6-17(18)21/h2-6,11-12,14H,7-10H2,1H3,(H,22,24). The SMILES string of the molecule is Cc1cccc(NC(=O)C2CCN(S(=O)(=O)c3cc(F)ccc3F)CC2)c1. The second-order valence-electron chi connectivity index (χ2n) is 6.61. The second kappa shape index (κ2) is 7.74. The van der Waals surface area contributed by atoms with Gasteiger partial charge in [-0.2, -0.15) is 4.31 Å². The summed E-state index contributed by atoms with van der Waals surface area (Å²) in [5, 5.41) is 2.84. The number of carbonyl (C=O) groups is 1. The van der Waals surface area contributed by atoms with Crippen LogP contribution in [0.25, 0.3) is 0 Å². The van der Waals surface area contributed by atoms with Crippen molar-refractivity contribution in [1.82, 2.24) is 4.31 Å². The lowest BCUT2D eigenvalue weighted by molar-refractivity contribution is -0.120. The van der Waals surface area contributed by atoms with Gasteiger partial charge in [-0.25, -0.2) is 17.2 Å². The molecule has 0 bridgehead atoms. The molecule has 2 aromatic rings. The van der Waals surface area contributed by atoms with Crippen LogP contribution in [0, 0.1) is 24.5 Å². The van der Waals surface area contributed by atoms with Gasteiger partial charge in [0.15, 0.2) is 0 Å². The predicted octanol–water partition coefficient (Wildman–Crippen LogP) is 3.31. The lowest BCUT2D eigenvalue weighted by atomic mass is 9.97. The highest BCUT2D eigenvalue weighted by molar-refractivity contribution is 7.89. The van der Waals surface area contributed by atoms with E-state index in [0.717, 1.165) is 22.0 Å². The largest absolute Gasteiger partial charge is 0.326 e. The highest BCUT2D eigenvalue weighted by Gasteiger charge is 2.33. The number of amides is 1. The summed E-state index contributed by atoms with van der Waals surface area (Å²) in [5.41, 5.74) is 1.71. The Balaban J connectivity index is 1.66. The van der Waals surface area contributed by atoms with Crippen molar-refractivity contribution in [2.75, 3.05) is 18.4 Å². The molecule has 0 saturated carbocycles. The van der Waals surface area contributed by atoms with E-state index >= 15 is 0 Å². The molecule has 1 heterocycles. The monoisotopic (exact) mass is 394 g/mol. The predicted molar refractivity (Wildman–Crippen MR) is 97.6 cm³/mol. The number of anilines is 1. The fraction of sp³-hybridized carbons (Fsp3) is 0.316. The van der Waals surface area contributed by atoms with E-state index < -0.39 is 26.6 Å². The summed E-state index contributed by atoms with van der Waals surface area (Å²) in [4.78, 5) is 11.7. The van der Waals surface area contributed by atoms with Gasteiger partial charge in [0.05, 0.1) is 0 Å². The highest BCUT2D eigenvalue weighted by Crippen LogP contribution is 2.26. The number of carbonyl (C=O) groups excluding carboxylic acids is 1. The summed E-state index contributed by atoms with van der Waals surface area (Å²) in [6.07, 6.45) is 0.627. The number of hydrogen-bond acceptors (Lipinski definition) is 3. The summed E-state index contributed by atoms with van der Waals surface area (Å²) in [6, 6.07) is 9.75. The molecular weight excluding hydrogens is 374 g/mol. The molecule has 3 rings (SSSR count). The van der Waals surface area contributed by atoms with Gasteiger partial charge in [0.25, 0.3) is 0 Å². The van der Waals surface area contributed by atoms with Gasteiger partial charge in [-0.05, 0) is 55.7 Å². The van der Waals surface area contributed by atoms with Gasteiger partial charge in [0.2, 0.25) is 15.9 Å². The number of nitrogens with zero attached hydrogens (tertiary/aromatic N) is 1. The molecule has 1 aliphatic heterocycles. The molecule has 0 atom stereocenters. The Labute approximate surface area is 157 Å². The summed E-state index contributed by atoms with van der Waals surface area (Å²) < 4.78 is 53.5.